The Morgan fingerprint density at radius 3 is 2.50 bits per heavy atom. The molecule has 0 saturated heterocycles. The van der Waals surface area contributed by atoms with E-state index < -0.39 is 0 Å². The number of nitrogens with two attached hydrogens (primary N) is 1. The molecule has 0 atom stereocenters. The van der Waals surface area contributed by atoms with E-state index in [2.05, 4.69) is 10.6 Å². The highest BCUT2D eigenvalue weighted by Gasteiger charge is 2.00. The fourth-order valence-corrected chi connectivity index (χ4v) is 1.27. The molecule has 0 fully saturated rings. The Kier molecular flexibility index (Phi) is 4.72. The molecule has 1 aromatic carbocycles. The van der Waals surface area contributed by atoms with Crippen LogP contribution in [0.3, 0.4) is 0 Å². The minimum absolute atomic E-state index is 0.204. The third-order valence-corrected chi connectivity index (χ3v) is 2.20. The van der Waals surface area contributed by atoms with Crippen LogP contribution in [-0.2, 0) is 0 Å². The number of nitrogens with one attached hydrogen (secondary N) is 2. The average Bonchev–Trinajstić information content (AvgIpc) is 2.27. The Morgan fingerprint density at radius 1 is 1.38 bits per heavy atom. The molecule has 5 heteroatoms. The van der Waals surface area contributed by atoms with Crippen molar-refractivity contribution in [2.24, 2.45) is 5.73 Å². The Hall–Kier alpha value is -1.62. The molecular formula is C11H15N3OS. The summed E-state index contributed by atoms with van der Waals surface area (Å²) in [6, 6.07) is 6.88. The third-order valence-electron chi connectivity index (χ3n) is 1.96. The van der Waals surface area contributed by atoms with Crippen molar-refractivity contribution in [3.05, 3.63) is 29.8 Å². The fraction of sp³-hybridized carbons (Fsp3) is 0.273. The number of amides is 2. The molecule has 0 aliphatic rings. The molecule has 0 unspecified atom stereocenters. The van der Waals surface area contributed by atoms with Gasteiger partial charge in [0.05, 0.1) is 0 Å². The first-order chi connectivity index (χ1) is 7.63. The summed E-state index contributed by atoms with van der Waals surface area (Å²) in [6.07, 6.45) is 0.911. The number of carbonyl (C=O) groups excluding carboxylic acids is 1. The molecule has 0 aliphatic carbocycles. The van der Waals surface area contributed by atoms with Crippen LogP contribution in [0.15, 0.2) is 24.3 Å². The largest absolute Gasteiger partial charge is 0.389 e. The van der Waals surface area contributed by atoms with Crippen LogP contribution in [0.1, 0.15) is 18.9 Å². The lowest BCUT2D eigenvalue weighted by atomic mass is 10.2. The smallest absolute Gasteiger partial charge is 0.319 e. The van der Waals surface area contributed by atoms with Crippen molar-refractivity contribution in [1.29, 1.82) is 0 Å². The maximum absolute atomic E-state index is 11.3. The number of carbonyl (C=O) groups is 1. The van der Waals surface area contributed by atoms with Gasteiger partial charge < -0.3 is 16.4 Å². The van der Waals surface area contributed by atoms with Crippen molar-refractivity contribution >= 4 is 28.9 Å². The Labute approximate surface area is 100 Å². The highest BCUT2D eigenvalue weighted by molar-refractivity contribution is 7.80. The zero-order chi connectivity index (χ0) is 12.0. The first-order valence-corrected chi connectivity index (χ1v) is 5.49. The first kappa shape index (κ1) is 12.4. The molecule has 1 rings (SSSR count). The highest BCUT2D eigenvalue weighted by Crippen LogP contribution is 2.09. The lowest BCUT2D eigenvalue weighted by Crippen LogP contribution is -2.29. The summed E-state index contributed by atoms with van der Waals surface area (Å²) in [4.78, 5) is 11.7. The second-order valence-electron chi connectivity index (χ2n) is 3.32. The normalized spacial score (nSPS) is 9.56. The number of hydrogen-bond donors (Lipinski definition) is 3. The second kappa shape index (κ2) is 6.07. The van der Waals surface area contributed by atoms with Gasteiger partial charge in [-0.25, -0.2) is 4.79 Å². The van der Waals surface area contributed by atoms with Crippen LogP contribution in [0.5, 0.6) is 0 Å². The number of urea groups is 1. The number of hydrogen-bond acceptors (Lipinski definition) is 2. The van der Waals surface area contributed by atoms with Gasteiger partial charge in [-0.3, -0.25) is 0 Å². The van der Waals surface area contributed by atoms with E-state index in [-0.39, 0.29) is 6.03 Å². The van der Waals surface area contributed by atoms with Gasteiger partial charge in [0.15, 0.2) is 0 Å². The van der Waals surface area contributed by atoms with Crippen molar-refractivity contribution in [2.45, 2.75) is 13.3 Å². The van der Waals surface area contributed by atoms with Gasteiger partial charge in [-0.05, 0) is 30.7 Å². The van der Waals surface area contributed by atoms with E-state index in [1.165, 1.54) is 0 Å². The van der Waals surface area contributed by atoms with Crippen molar-refractivity contribution in [1.82, 2.24) is 5.32 Å². The summed E-state index contributed by atoms with van der Waals surface area (Å²) in [5.74, 6) is 0. The van der Waals surface area contributed by atoms with E-state index >= 15 is 0 Å². The summed E-state index contributed by atoms with van der Waals surface area (Å²) in [5.41, 5.74) is 6.97. The maximum atomic E-state index is 11.3. The van der Waals surface area contributed by atoms with Crippen molar-refractivity contribution in [3.8, 4) is 0 Å². The van der Waals surface area contributed by atoms with Gasteiger partial charge in [0.25, 0.3) is 0 Å². The van der Waals surface area contributed by atoms with Gasteiger partial charge in [-0.2, -0.15) is 0 Å². The van der Waals surface area contributed by atoms with Gasteiger partial charge in [0.1, 0.15) is 4.99 Å². The second-order valence-corrected chi connectivity index (χ2v) is 3.76. The minimum Gasteiger partial charge on any atom is -0.389 e. The van der Waals surface area contributed by atoms with Crippen molar-refractivity contribution in [2.75, 3.05) is 11.9 Å². The lowest BCUT2D eigenvalue weighted by molar-refractivity contribution is 0.252. The van der Waals surface area contributed by atoms with Crippen LogP contribution in [0.2, 0.25) is 0 Å². The Balaban J connectivity index is 2.55. The summed E-state index contributed by atoms with van der Waals surface area (Å²) in [7, 11) is 0. The van der Waals surface area contributed by atoms with E-state index in [0.717, 1.165) is 12.0 Å². The summed E-state index contributed by atoms with van der Waals surface area (Å²) in [6.45, 7) is 2.66. The first-order valence-electron chi connectivity index (χ1n) is 5.08. The highest BCUT2D eigenvalue weighted by atomic mass is 32.1. The molecule has 0 radical (unpaired) electrons. The third kappa shape index (κ3) is 3.86. The molecule has 4 N–H and O–H groups in total. The maximum Gasteiger partial charge on any atom is 0.319 e. The number of benzene rings is 1. The Morgan fingerprint density at radius 2 is 2.00 bits per heavy atom. The van der Waals surface area contributed by atoms with Crippen LogP contribution >= 0.6 is 12.2 Å². The topological polar surface area (TPSA) is 67.2 Å². The summed E-state index contributed by atoms with van der Waals surface area (Å²) >= 11 is 4.83. The summed E-state index contributed by atoms with van der Waals surface area (Å²) < 4.78 is 0. The van der Waals surface area contributed by atoms with Gasteiger partial charge in [-0.15, -0.1) is 0 Å². The van der Waals surface area contributed by atoms with E-state index in [1.807, 2.05) is 6.92 Å². The molecule has 0 heterocycles. The lowest BCUT2D eigenvalue weighted by Gasteiger charge is -2.07. The van der Waals surface area contributed by atoms with E-state index in [1.54, 1.807) is 24.3 Å². The predicted octanol–water partition coefficient (Wildman–Crippen LogP) is 1.85. The number of thiocarbonyl (C=S) groups is 1. The molecule has 1 aromatic rings. The van der Waals surface area contributed by atoms with Crippen LogP contribution in [-0.4, -0.2) is 17.6 Å². The van der Waals surface area contributed by atoms with Crippen LogP contribution in [0.4, 0.5) is 10.5 Å². The molecule has 4 nitrogen and oxygen atoms in total. The van der Waals surface area contributed by atoms with Crippen LogP contribution in [0.25, 0.3) is 0 Å². The molecular weight excluding hydrogens is 222 g/mol. The van der Waals surface area contributed by atoms with E-state index in [9.17, 15) is 4.79 Å². The van der Waals surface area contributed by atoms with E-state index in [0.29, 0.717) is 17.2 Å². The number of rotatable bonds is 4. The quantitative estimate of drug-likeness (QED) is 0.700. The van der Waals surface area contributed by atoms with E-state index in [4.69, 9.17) is 18.0 Å². The molecule has 2 amide bonds. The minimum atomic E-state index is -0.204. The molecule has 0 spiro atoms. The van der Waals surface area contributed by atoms with Crippen LogP contribution < -0.4 is 16.4 Å². The SMILES string of the molecule is CCCNC(=O)Nc1ccc(C(N)=S)cc1. The fourth-order valence-electron chi connectivity index (χ4n) is 1.13. The predicted molar refractivity (Wildman–Crippen MR) is 69.6 cm³/mol. The van der Waals surface area contributed by atoms with Crippen molar-refractivity contribution in [3.63, 3.8) is 0 Å². The molecule has 0 bridgehead atoms. The number of anilines is 1. The Bertz CT molecular complexity index is 375. The molecule has 0 saturated carbocycles. The van der Waals surface area contributed by atoms with Gasteiger partial charge in [-0.1, -0.05) is 19.1 Å². The summed E-state index contributed by atoms with van der Waals surface area (Å²) in [5, 5.41) is 5.43. The van der Waals surface area contributed by atoms with Gasteiger partial charge in [0.2, 0.25) is 0 Å². The molecule has 0 aliphatic heterocycles. The van der Waals surface area contributed by atoms with Gasteiger partial charge in [0, 0.05) is 17.8 Å². The monoisotopic (exact) mass is 237 g/mol. The van der Waals surface area contributed by atoms with Crippen LogP contribution in [0, 0.1) is 0 Å². The standard InChI is InChI=1S/C11H15N3OS/c1-2-7-13-11(15)14-9-5-3-8(4-6-9)10(12)16/h3-6H,2,7H2,1H3,(H2,12,16)(H2,13,14,15). The molecule has 16 heavy (non-hydrogen) atoms. The zero-order valence-electron chi connectivity index (χ0n) is 9.12. The zero-order valence-corrected chi connectivity index (χ0v) is 9.93. The molecule has 0 aromatic heterocycles. The van der Waals surface area contributed by atoms with Crippen molar-refractivity contribution < 1.29 is 4.79 Å². The average molecular weight is 237 g/mol. The van der Waals surface area contributed by atoms with Gasteiger partial charge >= 0.3 is 6.03 Å². The molecule has 86 valence electrons.